The molecule has 60 heavy (non-hydrogen) atoms. The molecule has 0 aromatic heterocycles. The Morgan fingerprint density at radius 1 is 1.03 bits per heavy atom. The smallest absolute Gasteiger partial charge is 0.417 e. The van der Waals surface area contributed by atoms with Crippen LogP contribution in [0, 0.1) is 11.3 Å². The Morgan fingerprint density at radius 2 is 1.72 bits per heavy atom. The summed E-state index contributed by atoms with van der Waals surface area (Å²) in [6.07, 6.45) is -3.77. The largest absolute Gasteiger partial charge is 0.489 e. The molecule has 13 nitrogen and oxygen atoms in total. The van der Waals surface area contributed by atoms with Gasteiger partial charge in [-0.25, -0.2) is 0 Å². The van der Waals surface area contributed by atoms with Gasteiger partial charge in [-0.1, -0.05) is 13.0 Å². The van der Waals surface area contributed by atoms with E-state index in [9.17, 15) is 37.6 Å². The molecule has 318 valence electrons. The van der Waals surface area contributed by atoms with Gasteiger partial charge in [-0.05, 0) is 120 Å². The van der Waals surface area contributed by atoms with Gasteiger partial charge in [-0.15, -0.1) is 0 Å². The van der Waals surface area contributed by atoms with E-state index >= 15 is 0 Å². The Hall–Kier alpha value is -5.57. The number of thiocarbonyl (C=S) groups is 1. The quantitative estimate of drug-likeness (QED) is 0.144. The molecule has 4 amide bonds. The van der Waals surface area contributed by atoms with Gasteiger partial charge in [-0.2, -0.15) is 18.4 Å². The summed E-state index contributed by atoms with van der Waals surface area (Å²) in [7, 11) is 0. The van der Waals surface area contributed by atoms with Crippen molar-refractivity contribution in [2.75, 3.05) is 46.6 Å². The number of nitrogens with one attached hydrogen (secondary N) is 3. The van der Waals surface area contributed by atoms with Crippen molar-refractivity contribution in [1.29, 1.82) is 5.26 Å². The van der Waals surface area contributed by atoms with Crippen LogP contribution in [0.5, 0.6) is 5.75 Å². The van der Waals surface area contributed by atoms with Crippen molar-refractivity contribution in [3.8, 4) is 11.8 Å². The third-order valence-electron chi connectivity index (χ3n) is 11.1. The fourth-order valence-electron chi connectivity index (χ4n) is 8.19. The second-order valence-corrected chi connectivity index (χ2v) is 16.5. The predicted molar refractivity (Wildman–Crippen MR) is 226 cm³/mol. The lowest BCUT2D eigenvalue weighted by Gasteiger charge is -2.44. The van der Waals surface area contributed by atoms with Gasteiger partial charge in [0.05, 0.1) is 29.4 Å². The van der Waals surface area contributed by atoms with Crippen molar-refractivity contribution >= 4 is 63.7 Å². The fourth-order valence-corrected chi connectivity index (χ4v) is 8.71. The molecule has 3 aromatic carbocycles. The average molecular weight is 847 g/mol. The molecule has 3 N–H and O–H groups in total. The van der Waals surface area contributed by atoms with E-state index in [-0.39, 0.29) is 59.7 Å². The summed E-state index contributed by atoms with van der Waals surface area (Å²) in [5.74, 6) is -0.660. The number of ether oxygens (including phenoxy) is 1. The van der Waals surface area contributed by atoms with E-state index in [4.69, 9.17) is 17.0 Å². The van der Waals surface area contributed by atoms with Crippen LogP contribution in [0.25, 0.3) is 0 Å². The number of alkyl halides is 3. The van der Waals surface area contributed by atoms with Crippen LogP contribution in [0.1, 0.15) is 71.1 Å². The topological polar surface area (TPSA) is 150 Å². The molecule has 3 aromatic rings. The minimum Gasteiger partial charge on any atom is -0.489 e. The number of hydrogen-bond donors (Lipinski definition) is 3. The number of piperazine rings is 1. The van der Waals surface area contributed by atoms with Crippen LogP contribution in [0.2, 0.25) is 0 Å². The minimum atomic E-state index is -4.80. The zero-order valence-electron chi connectivity index (χ0n) is 34.4. The van der Waals surface area contributed by atoms with Gasteiger partial charge in [0.1, 0.15) is 23.4 Å². The number of nitrogens with zero attached hydrogens (tertiary/aromatic N) is 5. The third kappa shape index (κ3) is 9.41. The normalized spacial score (nSPS) is 21.7. The van der Waals surface area contributed by atoms with Crippen molar-refractivity contribution in [2.24, 2.45) is 0 Å². The first kappa shape index (κ1) is 44.0. The summed E-state index contributed by atoms with van der Waals surface area (Å²) in [6, 6.07) is 16.9. The number of aryl methyl sites for hydroxylation is 1. The van der Waals surface area contributed by atoms with Crippen LogP contribution in [-0.4, -0.2) is 94.5 Å². The molecular weight excluding hydrogens is 798 g/mol. The van der Waals surface area contributed by atoms with E-state index in [1.165, 1.54) is 6.07 Å². The number of nitriles is 1. The van der Waals surface area contributed by atoms with E-state index < -0.39 is 34.8 Å². The van der Waals surface area contributed by atoms with Crippen molar-refractivity contribution in [1.82, 2.24) is 15.1 Å². The molecule has 3 fully saturated rings. The van der Waals surface area contributed by atoms with Crippen molar-refractivity contribution in [3.05, 3.63) is 77.4 Å². The Kier molecular flexibility index (Phi) is 12.9. The third-order valence-corrected chi connectivity index (χ3v) is 11.5. The summed E-state index contributed by atoms with van der Waals surface area (Å²) < 4.78 is 47.9. The fraction of sp³-hybridized carbons (Fsp3) is 0.442. The number of hydrogen-bond acceptors (Lipinski definition) is 10. The molecule has 6 rings (SSSR count). The highest BCUT2D eigenvalue weighted by Crippen LogP contribution is 2.41. The number of benzene rings is 3. The first-order valence-electron chi connectivity index (χ1n) is 19.9. The van der Waals surface area contributed by atoms with E-state index in [2.05, 4.69) is 39.6 Å². The molecular formula is C43H49F3N8O5S. The van der Waals surface area contributed by atoms with Gasteiger partial charge < -0.3 is 20.3 Å². The second-order valence-electron chi connectivity index (χ2n) is 16.1. The Balaban J connectivity index is 1.05. The van der Waals surface area contributed by atoms with Crippen LogP contribution in [0.3, 0.4) is 0 Å². The molecule has 0 spiro atoms. The summed E-state index contributed by atoms with van der Waals surface area (Å²) in [4.78, 5) is 57.9. The predicted octanol–water partition coefficient (Wildman–Crippen LogP) is 6.07. The van der Waals surface area contributed by atoms with Crippen molar-refractivity contribution in [2.45, 2.75) is 96.7 Å². The molecule has 3 aliphatic rings. The average Bonchev–Trinajstić information content (AvgIpc) is 3.35. The SMILES string of the molecule is CCc1cc(N2C(=S)N(c3ccc(C#N)c(C(F)(F)F)c3)C(=O)C2(C)C)ccc1O[C@H](C)CN1C[C@@H](C)N(CC(=O)Nc2cccc(NC3CCC(=O)NC3=O)c2)[C@@H](C)C1. The molecule has 0 bridgehead atoms. The molecule has 3 heterocycles. The molecule has 1 unspecified atom stereocenters. The molecule has 0 radical (unpaired) electrons. The van der Waals surface area contributed by atoms with Crippen LogP contribution >= 0.6 is 12.2 Å². The zero-order valence-corrected chi connectivity index (χ0v) is 35.2. The number of anilines is 4. The standard InChI is InChI=1S/C43H49F3N8O5S/c1-7-28-17-33(54-41(60)53(40(58)42(54,5)6)32-12-11-29(20-47)34(19-32)43(44,45)46)13-15-36(28)59-27(4)23-51-21-25(2)52(26(3)22-51)24-38(56)49-31-10-8-9-30(18-31)48-35-14-16-37(55)50-39(35)57/h8-13,15,17-19,25-27,35,48H,7,14,16,21-24H2,1-6H3,(H,49,56)(H,50,55,57)/t25-,26+,27-,35?/m1/s1. The summed E-state index contributed by atoms with van der Waals surface area (Å²) >= 11 is 5.74. The van der Waals surface area contributed by atoms with E-state index in [0.29, 0.717) is 55.3 Å². The minimum absolute atomic E-state index is 0.0142. The van der Waals surface area contributed by atoms with Gasteiger partial charge >= 0.3 is 6.18 Å². The molecule has 3 aliphatic heterocycles. The van der Waals surface area contributed by atoms with Crippen molar-refractivity contribution < 1.29 is 37.1 Å². The van der Waals surface area contributed by atoms with Crippen LogP contribution < -0.4 is 30.5 Å². The lowest BCUT2D eigenvalue weighted by molar-refractivity contribution is -0.138. The number of halogens is 3. The number of rotatable bonds is 12. The highest BCUT2D eigenvalue weighted by molar-refractivity contribution is 7.81. The summed E-state index contributed by atoms with van der Waals surface area (Å²) in [5, 5.41) is 17.7. The number of piperidine rings is 1. The van der Waals surface area contributed by atoms with E-state index in [0.717, 1.165) is 22.6 Å². The summed E-state index contributed by atoms with van der Waals surface area (Å²) in [5.41, 5.74) is -0.307. The van der Waals surface area contributed by atoms with Crippen LogP contribution in [-0.2, 0) is 31.8 Å². The first-order valence-corrected chi connectivity index (χ1v) is 20.3. The summed E-state index contributed by atoms with van der Waals surface area (Å²) in [6.45, 7) is 13.7. The van der Waals surface area contributed by atoms with Gasteiger partial charge in [0.2, 0.25) is 17.7 Å². The maximum absolute atomic E-state index is 13.8. The molecule has 0 aliphatic carbocycles. The van der Waals surface area contributed by atoms with Crippen molar-refractivity contribution in [3.63, 3.8) is 0 Å². The molecule has 4 atom stereocenters. The lowest BCUT2D eigenvalue weighted by atomic mass is 10.0. The number of amides is 4. The monoisotopic (exact) mass is 846 g/mol. The molecule has 0 saturated carbocycles. The number of carbonyl (C=O) groups excluding carboxylic acids is 4. The van der Waals surface area contributed by atoms with E-state index in [1.54, 1.807) is 55.1 Å². The first-order chi connectivity index (χ1) is 28.3. The van der Waals surface area contributed by atoms with Gasteiger partial charge in [-0.3, -0.25) is 39.2 Å². The highest BCUT2D eigenvalue weighted by atomic mass is 32.1. The van der Waals surface area contributed by atoms with Crippen LogP contribution in [0.15, 0.2) is 60.7 Å². The maximum Gasteiger partial charge on any atom is 0.417 e. The number of carbonyl (C=O) groups is 4. The number of imide groups is 1. The van der Waals surface area contributed by atoms with Gasteiger partial charge in [0.25, 0.3) is 5.91 Å². The Morgan fingerprint density at radius 3 is 2.37 bits per heavy atom. The molecule has 3 saturated heterocycles. The second kappa shape index (κ2) is 17.6. The molecule has 17 heteroatoms. The Bertz CT molecular complexity index is 2220. The Labute approximate surface area is 352 Å². The van der Waals surface area contributed by atoms with Crippen LogP contribution in [0.4, 0.5) is 35.9 Å². The maximum atomic E-state index is 13.8. The lowest BCUT2D eigenvalue weighted by Crippen LogP contribution is -2.59. The highest BCUT2D eigenvalue weighted by Gasteiger charge is 2.51. The van der Waals surface area contributed by atoms with Gasteiger partial charge in [0.15, 0.2) is 5.11 Å². The zero-order chi connectivity index (χ0) is 43.7. The van der Waals surface area contributed by atoms with Gasteiger partial charge in [0, 0.05) is 55.2 Å². The van der Waals surface area contributed by atoms with E-state index in [1.807, 2.05) is 26.0 Å².